The van der Waals surface area contributed by atoms with Crippen LogP contribution in [-0.2, 0) is 6.42 Å². The van der Waals surface area contributed by atoms with Crippen LogP contribution in [0.4, 0.5) is 0 Å². The maximum atomic E-state index is 10.1. The average molecular weight is 273 g/mol. The standard InChI is InChI=1S/C18H27NO/c1-13-10-15-8-9-19(2)12-17(16(15)11-18(13)20)14-6-4-3-5-7-14/h10-11,14,17,20H,3-9,12H2,1-2H3. The third-order valence-electron chi connectivity index (χ3n) is 5.35. The molecule has 20 heavy (non-hydrogen) atoms. The first-order valence-electron chi connectivity index (χ1n) is 8.16. The van der Waals surface area contributed by atoms with E-state index in [0.717, 1.165) is 31.0 Å². The summed E-state index contributed by atoms with van der Waals surface area (Å²) in [6.07, 6.45) is 8.04. The van der Waals surface area contributed by atoms with E-state index in [9.17, 15) is 5.11 Å². The number of phenolic OH excluding ortho intramolecular Hbond substituents is 1. The highest BCUT2D eigenvalue weighted by Crippen LogP contribution is 2.40. The third-order valence-corrected chi connectivity index (χ3v) is 5.35. The normalized spacial score (nSPS) is 25.2. The lowest BCUT2D eigenvalue weighted by Crippen LogP contribution is -2.28. The predicted octanol–water partition coefficient (Wildman–Crippen LogP) is 3.85. The molecule has 1 aliphatic carbocycles. The van der Waals surface area contributed by atoms with Crippen molar-refractivity contribution in [2.75, 3.05) is 20.1 Å². The summed E-state index contributed by atoms with van der Waals surface area (Å²) in [6.45, 7) is 4.31. The fourth-order valence-corrected chi connectivity index (χ4v) is 4.11. The van der Waals surface area contributed by atoms with Crippen LogP contribution in [-0.4, -0.2) is 30.1 Å². The van der Waals surface area contributed by atoms with Crippen molar-refractivity contribution in [2.24, 2.45) is 5.92 Å². The van der Waals surface area contributed by atoms with Crippen molar-refractivity contribution in [3.05, 3.63) is 28.8 Å². The first-order valence-corrected chi connectivity index (χ1v) is 8.16. The molecule has 2 aliphatic rings. The Kier molecular flexibility index (Phi) is 4.02. The van der Waals surface area contributed by atoms with Gasteiger partial charge in [-0.25, -0.2) is 0 Å². The summed E-state index contributed by atoms with van der Waals surface area (Å²) in [5, 5.41) is 10.1. The monoisotopic (exact) mass is 273 g/mol. The number of benzene rings is 1. The Morgan fingerprint density at radius 1 is 1.15 bits per heavy atom. The van der Waals surface area contributed by atoms with E-state index in [1.54, 1.807) is 0 Å². The van der Waals surface area contributed by atoms with Gasteiger partial charge in [0.1, 0.15) is 5.75 Å². The molecule has 1 aromatic rings. The lowest BCUT2D eigenvalue weighted by Gasteiger charge is -2.32. The van der Waals surface area contributed by atoms with Crippen molar-refractivity contribution in [1.29, 1.82) is 0 Å². The second kappa shape index (κ2) is 5.77. The minimum Gasteiger partial charge on any atom is -0.508 e. The van der Waals surface area contributed by atoms with Crippen LogP contribution in [0.15, 0.2) is 12.1 Å². The van der Waals surface area contributed by atoms with E-state index in [-0.39, 0.29) is 0 Å². The van der Waals surface area contributed by atoms with Gasteiger partial charge in [0.2, 0.25) is 0 Å². The van der Waals surface area contributed by atoms with E-state index in [4.69, 9.17) is 0 Å². The van der Waals surface area contributed by atoms with Gasteiger partial charge in [-0.15, -0.1) is 0 Å². The van der Waals surface area contributed by atoms with Gasteiger partial charge >= 0.3 is 0 Å². The smallest absolute Gasteiger partial charge is 0.118 e. The zero-order valence-electron chi connectivity index (χ0n) is 12.9. The van der Waals surface area contributed by atoms with E-state index in [1.165, 1.54) is 43.2 Å². The van der Waals surface area contributed by atoms with Gasteiger partial charge in [-0.2, -0.15) is 0 Å². The number of fused-ring (bicyclic) bond motifs is 1. The topological polar surface area (TPSA) is 23.5 Å². The molecular formula is C18H27NO. The van der Waals surface area contributed by atoms with Gasteiger partial charge < -0.3 is 10.0 Å². The Bertz CT molecular complexity index is 477. The van der Waals surface area contributed by atoms with Gasteiger partial charge in [0, 0.05) is 13.1 Å². The highest BCUT2D eigenvalue weighted by atomic mass is 16.3. The largest absolute Gasteiger partial charge is 0.508 e. The minimum atomic E-state index is 0.481. The molecule has 3 rings (SSSR count). The number of hydrogen-bond acceptors (Lipinski definition) is 2. The van der Waals surface area contributed by atoms with E-state index in [2.05, 4.69) is 24.1 Å². The molecule has 1 fully saturated rings. The number of likely N-dealkylation sites (N-methyl/N-ethyl adjacent to an activating group) is 1. The zero-order valence-corrected chi connectivity index (χ0v) is 12.9. The fraction of sp³-hybridized carbons (Fsp3) is 0.667. The van der Waals surface area contributed by atoms with Crippen LogP contribution in [0.3, 0.4) is 0 Å². The highest BCUT2D eigenvalue weighted by Gasteiger charge is 2.30. The van der Waals surface area contributed by atoms with Gasteiger partial charge in [0.25, 0.3) is 0 Å². The van der Waals surface area contributed by atoms with E-state index in [1.807, 2.05) is 6.92 Å². The van der Waals surface area contributed by atoms with Gasteiger partial charge in [-0.1, -0.05) is 25.3 Å². The second-order valence-corrected chi connectivity index (χ2v) is 6.85. The van der Waals surface area contributed by atoms with Crippen LogP contribution < -0.4 is 0 Å². The van der Waals surface area contributed by atoms with Crippen LogP contribution >= 0.6 is 0 Å². The molecule has 0 aromatic heterocycles. The quantitative estimate of drug-likeness (QED) is 0.840. The van der Waals surface area contributed by atoms with Crippen molar-refractivity contribution < 1.29 is 5.11 Å². The Hall–Kier alpha value is -1.02. The lowest BCUT2D eigenvalue weighted by molar-refractivity contribution is 0.241. The molecule has 0 radical (unpaired) electrons. The molecule has 1 N–H and O–H groups in total. The Balaban J connectivity index is 1.97. The number of phenols is 1. The summed E-state index contributed by atoms with van der Waals surface area (Å²) in [6, 6.07) is 4.29. The van der Waals surface area contributed by atoms with Crippen molar-refractivity contribution in [1.82, 2.24) is 4.90 Å². The summed E-state index contributed by atoms with van der Waals surface area (Å²) >= 11 is 0. The van der Waals surface area contributed by atoms with Crippen molar-refractivity contribution in [3.8, 4) is 5.75 Å². The molecule has 1 heterocycles. The summed E-state index contributed by atoms with van der Waals surface area (Å²) in [5.74, 6) is 1.91. The lowest BCUT2D eigenvalue weighted by atomic mass is 9.75. The van der Waals surface area contributed by atoms with E-state index >= 15 is 0 Å². The number of rotatable bonds is 1. The molecule has 1 unspecified atom stereocenters. The predicted molar refractivity (Wildman–Crippen MR) is 83.4 cm³/mol. The molecule has 0 spiro atoms. The molecular weight excluding hydrogens is 246 g/mol. The van der Waals surface area contributed by atoms with Gasteiger partial charge in [0.05, 0.1) is 0 Å². The van der Waals surface area contributed by atoms with Crippen LogP contribution in [0.1, 0.15) is 54.7 Å². The third kappa shape index (κ3) is 2.71. The molecule has 1 atom stereocenters. The highest BCUT2D eigenvalue weighted by molar-refractivity contribution is 5.44. The molecule has 0 saturated heterocycles. The van der Waals surface area contributed by atoms with Gasteiger partial charge in [0.15, 0.2) is 0 Å². The Labute approximate surface area is 122 Å². The minimum absolute atomic E-state index is 0.481. The van der Waals surface area contributed by atoms with E-state index in [0.29, 0.717) is 11.7 Å². The van der Waals surface area contributed by atoms with Crippen molar-refractivity contribution >= 4 is 0 Å². The summed E-state index contributed by atoms with van der Waals surface area (Å²) < 4.78 is 0. The average Bonchev–Trinajstić information content (AvgIpc) is 2.61. The van der Waals surface area contributed by atoms with Crippen molar-refractivity contribution in [2.45, 2.75) is 51.4 Å². The zero-order chi connectivity index (χ0) is 14.1. The molecule has 1 aliphatic heterocycles. The second-order valence-electron chi connectivity index (χ2n) is 6.85. The van der Waals surface area contributed by atoms with Crippen molar-refractivity contribution in [3.63, 3.8) is 0 Å². The Morgan fingerprint density at radius 3 is 2.65 bits per heavy atom. The van der Waals surface area contributed by atoms with Crippen LogP contribution in [0, 0.1) is 12.8 Å². The van der Waals surface area contributed by atoms with Crippen LogP contribution in [0.2, 0.25) is 0 Å². The van der Waals surface area contributed by atoms with E-state index < -0.39 is 0 Å². The SMILES string of the molecule is Cc1cc2c(cc1O)C(C1CCCCC1)CN(C)CC2. The number of hydrogen-bond donors (Lipinski definition) is 1. The van der Waals surface area contributed by atoms with Gasteiger partial charge in [-0.3, -0.25) is 0 Å². The molecule has 1 aromatic carbocycles. The summed E-state index contributed by atoms with van der Waals surface area (Å²) in [4.78, 5) is 2.48. The van der Waals surface area contributed by atoms with Crippen LogP contribution in [0.25, 0.3) is 0 Å². The van der Waals surface area contributed by atoms with Gasteiger partial charge in [-0.05, 0) is 67.8 Å². The van der Waals surface area contributed by atoms with Crippen LogP contribution in [0.5, 0.6) is 5.75 Å². The maximum Gasteiger partial charge on any atom is 0.118 e. The maximum absolute atomic E-state index is 10.1. The Morgan fingerprint density at radius 2 is 1.90 bits per heavy atom. The molecule has 2 heteroatoms. The first kappa shape index (κ1) is 13.9. The molecule has 0 amide bonds. The molecule has 110 valence electrons. The molecule has 0 bridgehead atoms. The summed E-state index contributed by atoms with van der Waals surface area (Å²) in [7, 11) is 2.24. The first-order chi connectivity index (χ1) is 9.65. The number of aryl methyl sites for hydroxylation is 1. The molecule has 1 saturated carbocycles. The number of nitrogens with zero attached hydrogens (tertiary/aromatic N) is 1. The fourth-order valence-electron chi connectivity index (χ4n) is 4.11. The molecule has 2 nitrogen and oxygen atoms in total. The summed E-state index contributed by atoms with van der Waals surface area (Å²) in [5.41, 5.74) is 3.93. The number of aromatic hydroxyl groups is 1.